The molecule has 0 aromatic heterocycles. The van der Waals surface area contributed by atoms with Crippen LogP contribution in [0.2, 0.25) is 0 Å². The largest absolute Gasteiger partial charge is 0.493 e. The summed E-state index contributed by atoms with van der Waals surface area (Å²) in [6, 6.07) is 12.8. The summed E-state index contributed by atoms with van der Waals surface area (Å²) in [5.74, 6) is 0.535. The highest BCUT2D eigenvalue weighted by atomic mass is 16.7. The van der Waals surface area contributed by atoms with Crippen molar-refractivity contribution in [3.05, 3.63) is 53.6 Å². The molecule has 2 aromatic rings. The van der Waals surface area contributed by atoms with Crippen LogP contribution in [-0.2, 0) is 20.8 Å². The molecule has 1 saturated heterocycles. The molecule has 0 amide bonds. The van der Waals surface area contributed by atoms with Crippen LogP contribution < -0.4 is 14.2 Å². The zero-order valence-corrected chi connectivity index (χ0v) is 17.9. The second-order valence-corrected chi connectivity index (χ2v) is 7.13. The third kappa shape index (κ3) is 6.10. The van der Waals surface area contributed by atoms with Gasteiger partial charge in [-0.3, -0.25) is 0 Å². The van der Waals surface area contributed by atoms with Gasteiger partial charge >= 0.3 is 5.97 Å². The Labute approximate surface area is 181 Å². The molecule has 0 radical (unpaired) electrons. The van der Waals surface area contributed by atoms with Crippen LogP contribution in [0.3, 0.4) is 0 Å². The van der Waals surface area contributed by atoms with Gasteiger partial charge in [0.05, 0.1) is 32.0 Å². The van der Waals surface area contributed by atoms with Crippen molar-refractivity contribution in [3.8, 4) is 17.2 Å². The first-order valence-corrected chi connectivity index (χ1v) is 10.00. The summed E-state index contributed by atoms with van der Waals surface area (Å²) in [4.78, 5) is 12.6. The van der Waals surface area contributed by atoms with Crippen molar-refractivity contribution in [3.63, 3.8) is 0 Å². The highest BCUT2D eigenvalue weighted by molar-refractivity contribution is 5.91. The molecule has 0 spiro atoms. The number of carbonyl (C=O) groups is 1. The number of benzene rings is 2. The van der Waals surface area contributed by atoms with E-state index in [1.54, 1.807) is 12.1 Å². The van der Waals surface area contributed by atoms with Gasteiger partial charge in [-0.15, -0.1) is 0 Å². The Morgan fingerprint density at radius 2 is 1.74 bits per heavy atom. The lowest BCUT2D eigenvalue weighted by molar-refractivity contribution is -0.210. The Kier molecular flexibility index (Phi) is 8.11. The Morgan fingerprint density at radius 1 is 1.06 bits per heavy atom. The maximum absolute atomic E-state index is 12.6. The van der Waals surface area contributed by atoms with Crippen molar-refractivity contribution in [1.82, 2.24) is 0 Å². The van der Waals surface area contributed by atoms with E-state index in [-0.39, 0.29) is 12.2 Å². The quantitative estimate of drug-likeness (QED) is 0.605. The number of carbonyl (C=O) groups excluding carboxylic acids is 1. The molecule has 1 N–H and O–H groups in total. The van der Waals surface area contributed by atoms with E-state index in [1.165, 1.54) is 21.3 Å². The van der Waals surface area contributed by atoms with Gasteiger partial charge in [-0.05, 0) is 17.7 Å². The van der Waals surface area contributed by atoms with E-state index < -0.39 is 24.5 Å². The Hall–Kier alpha value is -2.81. The second kappa shape index (κ2) is 11.0. The van der Waals surface area contributed by atoms with E-state index in [9.17, 15) is 9.90 Å². The van der Waals surface area contributed by atoms with Crippen LogP contribution in [0.4, 0.5) is 0 Å². The number of methoxy groups -OCH3 is 3. The summed E-state index contributed by atoms with van der Waals surface area (Å²) in [7, 11) is 4.48. The standard InChI is InChI=1S/C23H28O8/c1-26-19-9-16(23(25)30-14-18-11-17(24)12-21(28-3)31-18)10-20(27-2)22(19)29-13-15-7-5-4-6-8-15/h4-10,17-18,21,24H,11-14H2,1-3H3. The minimum absolute atomic E-state index is 0.00730. The average Bonchev–Trinajstić information content (AvgIpc) is 2.80. The van der Waals surface area contributed by atoms with Crippen LogP contribution in [0, 0.1) is 0 Å². The first-order valence-electron chi connectivity index (χ1n) is 10.00. The topological polar surface area (TPSA) is 92.7 Å². The highest BCUT2D eigenvalue weighted by Gasteiger charge is 2.29. The molecule has 3 unspecified atom stereocenters. The molecule has 8 nitrogen and oxygen atoms in total. The van der Waals surface area contributed by atoms with E-state index >= 15 is 0 Å². The Bertz CT molecular complexity index is 829. The number of hydrogen-bond donors (Lipinski definition) is 1. The fourth-order valence-electron chi connectivity index (χ4n) is 3.33. The van der Waals surface area contributed by atoms with Gasteiger partial charge in [-0.25, -0.2) is 4.79 Å². The number of aliphatic hydroxyl groups excluding tert-OH is 1. The molecule has 0 saturated carbocycles. The van der Waals surface area contributed by atoms with Crippen molar-refractivity contribution in [2.75, 3.05) is 27.9 Å². The molecule has 1 heterocycles. The maximum Gasteiger partial charge on any atom is 0.338 e. The fourth-order valence-corrected chi connectivity index (χ4v) is 3.33. The van der Waals surface area contributed by atoms with Crippen molar-refractivity contribution >= 4 is 5.97 Å². The molecule has 0 aliphatic carbocycles. The molecule has 3 rings (SSSR count). The number of ether oxygens (including phenoxy) is 6. The molecule has 8 heteroatoms. The summed E-state index contributed by atoms with van der Waals surface area (Å²) in [6.07, 6.45) is -0.779. The minimum atomic E-state index is -0.566. The van der Waals surface area contributed by atoms with Gasteiger partial charge in [0, 0.05) is 20.0 Å². The summed E-state index contributed by atoms with van der Waals surface area (Å²) in [6.45, 7) is 0.312. The molecule has 3 atom stereocenters. The summed E-state index contributed by atoms with van der Waals surface area (Å²) >= 11 is 0. The molecule has 1 aliphatic heterocycles. The van der Waals surface area contributed by atoms with E-state index in [1.807, 2.05) is 30.3 Å². The van der Waals surface area contributed by atoms with E-state index in [0.29, 0.717) is 36.7 Å². The number of esters is 1. The molecular weight excluding hydrogens is 404 g/mol. The third-order valence-electron chi connectivity index (χ3n) is 4.93. The number of hydrogen-bond acceptors (Lipinski definition) is 8. The zero-order valence-electron chi connectivity index (χ0n) is 17.9. The lowest BCUT2D eigenvalue weighted by Gasteiger charge is -2.31. The SMILES string of the molecule is COc1cc(C(=O)OCC2CC(O)CC(OC)O2)cc(OC)c1OCc1ccccc1. The molecule has 168 valence electrons. The summed E-state index contributed by atoms with van der Waals surface area (Å²) in [5, 5.41) is 9.92. The van der Waals surface area contributed by atoms with Gasteiger partial charge in [-0.1, -0.05) is 30.3 Å². The van der Waals surface area contributed by atoms with Crippen molar-refractivity contribution in [1.29, 1.82) is 0 Å². The van der Waals surface area contributed by atoms with Crippen LogP contribution in [0.25, 0.3) is 0 Å². The normalized spacial score (nSPS) is 20.7. The average molecular weight is 432 g/mol. The molecule has 2 aromatic carbocycles. The smallest absolute Gasteiger partial charge is 0.338 e. The van der Waals surface area contributed by atoms with Crippen LogP contribution in [-0.4, -0.2) is 57.5 Å². The van der Waals surface area contributed by atoms with Crippen LogP contribution in [0.5, 0.6) is 17.2 Å². The Morgan fingerprint density at radius 3 is 2.35 bits per heavy atom. The molecule has 1 aliphatic rings. The van der Waals surface area contributed by atoms with Crippen LogP contribution in [0.1, 0.15) is 28.8 Å². The number of aliphatic hydroxyl groups is 1. The Balaban J connectivity index is 1.68. The predicted octanol–water partition coefficient (Wildman–Crippen LogP) is 2.95. The lowest BCUT2D eigenvalue weighted by atomic mass is 10.1. The summed E-state index contributed by atoms with van der Waals surface area (Å²) in [5.41, 5.74) is 1.24. The minimum Gasteiger partial charge on any atom is -0.493 e. The fraction of sp³-hybridized carbons (Fsp3) is 0.435. The van der Waals surface area contributed by atoms with Gasteiger partial charge in [0.2, 0.25) is 5.75 Å². The molecular formula is C23H28O8. The van der Waals surface area contributed by atoms with Crippen molar-refractivity contribution in [2.24, 2.45) is 0 Å². The highest BCUT2D eigenvalue weighted by Crippen LogP contribution is 2.39. The molecule has 1 fully saturated rings. The van der Waals surface area contributed by atoms with Gasteiger partial charge in [0.1, 0.15) is 13.2 Å². The van der Waals surface area contributed by atoms with Gasteiger partial charge in [0.25, 0.3) is 0 Å². The van der Waals surface area contributed by atoms with Gasteiger partial charge in [0.15, 0.2) is 17.8 Å². The molecule has 0 bridgehead atoms. The third-order valence-corrected chi connectivity index (χ3v) is 4.93. The predicted molar refractivity (Wildman–Crippen MR) is 112 cm³/mol. The molecule has 31 heavy (non-hydrogen) atoms. The van der Waals surface area contributed by atoms with Crippen molar-refractivity contribution in [2.45, 2.75) is 37.9 Å². The van der Waals surface area contributed by atoms with E-state index in [0.717, 1.165) is 5.56 Å². The van der Waals surface area contributed by atoms with E-state index in [4.69, 9.17) is 28.4 Å². The van der Waals surface area contributed by atoms with Gasteiger partial charge in [-0.2, -0.15) is 0 Å². The van der Waals surface area contributed by atoms with Gasteiger partial charge < -0.3 is 33.5 Å². The maximum atomic E-state index is 12.6. The van der Waals surface area contributed by atoms with E-state index in [2.05, 4.69) is 0 Å². The first-order chi connectivity index (χ1) is 15.0. The lowest BCUT2D eigenvalue weighted by Crippen LogP contribution is -2.39. The first kappa shape index (κ1) is 22.9. The van der Waals surface area contributed by atoms with Crippen molar-refractivity contribution < 1.29 is 38.3 Å². The monoisotopic (exact) mass is 432 g/mol. The van der Waals surface area contributed by atoms with Crippen LogP contribution >= 0.6 is 0 Å². The van der Waals surface area contributed by atoms with Crippen LogP contribution in [0.15, 0.2) is 42.5 Å². The second-order valence-electron chi connectivity index (χ2n) is 7.13. The number of rotatable bonds is 9. The summed E-state index contributed by atoms with van der Waals surface area (Å²) < 4.78 is 32.9. The zero-order chi connectivity index (χ0) is 22.2.